The van der Waals surface area contributed by atoms with Crippen LogP contribution in [0.4, 0.5) is 0 Å². The van der Waals surface area contributed by atoms with Crippen molar-refractivity contribution in [1.29, 1.82) is 0 Å². The van der Waals surface area contributed by atoms with Gasteiger partial charge in [0, 0.05) is 24.5 Å². The summed E-state index contributed by atoms with van der Waals surface area (Å²) in [5.74, 6) is 2.12. The van der Waals surface area contributed by atoms with Crippen LogP contribution in [0.2, 0.25) is 0 Å². The fourth-order valence-electron chi connectivity index (χ4n) is 2.32. The van der Waals surface area contributed by atoms with Crippen LogP contribution >= 0.6 is 0 Å². The molecule has 1 aromatic carbocycles. The maximum Gasteiger partial charge on any atom is 0.264 e. The Morgan fingerprint density at radius 2 is 2.18 bits per heavy atom. The smallest absolute Gasteiger partial charge is 0.264 e. The topological polar surface area (TPSA) is 74.5 Å². The molecular formula is C16H18N2O4. The van der Waals surface area contributed by atoms with E-state index in [0.717, 1.165) is 13.0 Å². The quantitative estimate of drug-likeness (QED) is 0.764. The van der Waals surface area contributed by atoms with Crippen molar-refractivity contribution in [2.24, 2.45) is 0 Å². The second kappa shape index (κ2) is 6.70. The molecule has 1 aromatic heterocycles. The molecule has 22 heavy (non-hydrogen) atoms. The number of nitrogens with zero attached hydrogens (tertiary/aromatic N) is 2. The van der Waals surface area contributed by atoms with Crippen LogP contribution in [0.1, 0.15) is 47.8 Å². The van der Waals surface area contributed by atoms with Crippen LogP contribution in [0, 0.1) is 0 Å². The number of carbonyl (C=O) groups is 1. The number of Topliss-reactive ketones (excluding diaryl/α,β-unsaturated/α-hetero) is 1. The number of carbonyl (C=O) groups excluding carboxylic acids is 1. The standard InChI is InChI=1S/C16H18N2O4/c1-2-14(19)11-3-5-13(6-4-11)21-10-15-17-16(18-22-15)12-7-8-20-9-12/h3-6,12H,2,7-10H2,1H3. The lowest BCUT2D eigenvalue weighted by atomic mass is 10.1. The minimum Gasteiger partial charge on any atom is -0.484 e. The van der Waals surface area contributed by atoms with Gasteiger partial charge in [-0.05, 0) is 30.7 Å². The molecule has 1 aliphatic rings. The van der Waals surface area contributed by atoms with Gasteiger partial charge in [0.1, 0.15) is 5.75 Å². The van der Waals surface area contributed by atoms with E-state index in [2.05, 4.69) is 10.1 Å². The molecule has 1 atom stereocenters. The number of hydrogen-bond donors (Lipinski definition) is 0. The number of ether oxygens (including phenoxy) is 2. The summed E-state index contributed by atoms with van der Waals surface area (Å²) in [6.45, 7) is 3.44. The van der Waals surface area contributed by atoms with Gasteiger partial charge >= 0.3 is 0 Å². The first-order valence-corrected chi connectivity index (χ1v) is 7.42. The van der Waals surface area contributed by atoms with E-state index >= 15 is 0 Å². The first-order valence-electron chi connectivity index (χ1n) is 7.42. The monoisotopic (exact) mass is 302 g/mol. The molecule has 1 saturated heterocycles. The van der Waals surface area contributed by atoms with E-state index in [-0.39, 0.29) is 18.3 Å². The summed E-state index contributed by atoms with van der Waals surface area (Å²) in [5, 5.41) is 3.97. The van der Waals surface area contributed by atoms with Crippen molar-refractivity contribution in [3.63, 3.8) is 0 Å². The van der Waals surface area contributed by atoms with Crippen molar-refractivity contribution in [2.75, 3.05) is 13.2 Å². The largest absolute Gasteiger partial charge is 0.484 e. The Balaban J connectivity index is 1.57. The van der Waals surface area contributed by atoms with Crippen molar-refractivity contribution in [3.8, 4) is 5.75 Å². The van der Waals surface area contributed by atoms with E-state index in [0.29, 0.717) is 36.1 Å². The average molecular weight is 302 g/mol. The highest BCUT2D eigenvalue weighted by Gasteiger charge is 2.23. The first-order chi connectivity index (χ1) is 10.8. The molecule has 6 nitrogen and oxygen atoms in total. The molecule has 0 N–H and O–H groups in total. The minimum absolute atomic E-state index is 0.117. The summed E-state index contributed by atoms with van der Waals surface area (Å²) in [6, 6.07) is 7.06. The molecule has 0 bridgehead atoms. The Labute approximate surface area is 128 Å². The molecule has 2 heterocycles. The Kier molecular flexibility index (Phi) is 4.48. The van der Waals surface area contributed by atoms with Crippen molar-refractivity contribution >= 4 is 5.78 Å². The van der Waals surface area contributed by atoms with Crippen molar-refractivity contribution in [1.82, 2.24) is 10.1 Å². The third-order valence-corrected chi connectivity index (χ3v) is 3.64. The van der Waals surface area contributed by atoms with Gasteiger partial charge in [0.2, 0.25) is 0 Å². The van der Waals surface area contributed by atoms with Gasteiger partial charge in [-0.3, -0.25) is 4.79 Å². The van der Waals surface area contributed by atoms with Crippen molar-refractivity contribution in [3.05, 3.63) is 41.5 Å². The van der Waals surface area contributed by atoms with Gasteiger partial charge in [0.25, 0.3) is 5.89 Å². The fraction of sp³-hybridized carbons (Fsp3) is 0.438. The van der Waals surface area contributed by atoms with Crippen LogP contribution in [0.5, 0.6) is 5.75 Å². The van der Waals surface area contributed by atoms with Crippen LogP contribution in [0.3, 0.4) is 0 Å². The van der Waals surface area contributed by atoms with Crippen molar-refractivity contribution < 1.29 is 18.8 Å². The Hall–Kier alpha value is -2.21. The lowest BCUT2D eigenvalue weighted by Crippen LogP contribution is -2.01. The molecule has 116 valence electrons. The summed E-state index contributed by atoms with van der Waals surface area (Å²) in [7, 11) is 0. The van der Waals surface area contributed by atoms with Gasteiger partial charge in [-0.1, -0.05) is 12.1 Å². The lowest BCUT2D eigenvalue weighted by molar-refractivity contribution is 0.0988. The number of benzene rings is 1. The number of rotatable bonds is 6. The summed E-state index contributed by atoms with van der Waals surface area (Å²) < 4.78 is 16.1. The van der Waals surface area contributed by atoms with Gasteiger partial charge in [-0.2, -0.15) is 4.98 Å². The van der Waals surface area contributed by atoms with E-state index in [1.807, 2.05) is 6.92 Å². The number of aromatic nitrogens is 2. The second-order valence-electron chi connectivity index (χ2n) is 5.20. The summed E-state index contributed by atoms with van der Waals surface area (Å²) in [4.78, 5) is 15.9. The third kappa shape index (κ3) is 3.33. The van der Waals surface area contributed by atoms with E-state index in [1.54, 1.807) is 24.3 Å². The van der Waals surface area contributed by atoms with E-state index in [4.69, 9.17) is 14.0 Å². The zero-order valence-electron chi connectivity index (χ0n) is 12.4. The normalized spacial score (nSPS) is 17.6. The molecule has 1 aliphatic heterocycles. The van der Waals surface area contributed by atoms with Crippen molar-refractivity contribution in [2.45, 2.75) is 32.3 Å². The first kappa shape index (κ1) is 14.7. The predicted molar refractivity (Wildman–Crippen MR) is 77.9 cm³/mol. The minimum atomic E-state index is 0.117. The Bertz CT molecular complexity index is 630. The zero-order chi connectivity index (χ0) is 15.4. The second-order valence-corrected chi connectivity index (χ2v) is 5.20. The third-order valence-electron chi connectivity index (χ3n) is 3.64. The molecule has 3 rings (SSSR count). The lowest BCUT2D eigenvalue weighted by Gasteiger charge is -2.04. The highest BCUT2D eigenvalue weighted by atomic mass is 16.5. The summed E-state index contributed by atoms with van der Waals surface area (Å²) in [5.41, 5.74) is 0.691. The van der Waals surface area contributed by atoms with E-state index in [1.165, 1.54) is 0 Å². The van der Waals surface area contributed by atoms with Crippen LogP contribution in [-0.4, -0.2) is 29.1 Å². The maximum absolute atomic E-state index is 11.5. The summed E-state index contributed by atoms with van der Waals surface area (Å²) >= 11 is 0. The fourth-order valence-corrected chi connectivity index (χ4v) is 2.32. The van der Waals surface area contributed by atoms with Crippen LogP contribution < -0.4 is 4.74 Å². The maximum atomic E-state index is 11.5. The molecule has 1 unspecified atom stereocenters. The molecule has 6 heteroatoms. The molecule has 2 aromatic rings. The van der Waals surface area contributed by atoms with Gasteiger partial charge in [-0.15, -0.1) is 0 Å². The molecular weight excluding hydrogens is 284 g/mol. The Morgan fingerprint density at radius 3 is 2.86 bits per heavy atom. The molecule has 0 amide bonds. The molecule has 0 radical (unpaired) electrons. The van der Waals surface area contributed by atoms with Gasteiger partial charge in [0.15, 0.2) is 18.2 Å². The van der Waals surface area contributed by atoms with Crippen LogP contribution in [0.15, 0.2) is 28.8 Å². The van der Waals surface area contributed by atoms with Gasteiger partial charge < -0.3 is 14.0 Å². The van der Waals surface area contributed by atoms with Gasteiger partial charge in [-0.25, -0.2) is 0 Å². The molecule has 0 spiro atoms. The van der Waals surface area contributed by atoms with E-state index in [9.17, 15) is 4.79 Å². The predicted octanol–water partition coefficient (Wildman–Crippen LogP) is 2.75. The highest BCUT2D eigenvalue weighted by molar-refractivity contribution is 5.95. The zero-order valence-corrected chi connectivity index (χ0v) is 12.4. The SMILES string of the molecule is CCC(=O)c1ccc(OCc2nc(C3CCOC3)no2)cc1. The number of hydrogen-bond acceptors (Lipinski definition) is 6. The van der Waals surface area contributed by atoms with Crippen LogP contribution in [0.25, 0.3) is 0 Å². The molecule has 0 aliphatic carbocycles. The summed E-state index contributed by atoms with van der Waals surface area (Å²) in [6.07, 6.45) is 1.42. The number of ketones is 1. The van der Waals surface area contributed by atoms with E-state index < -0.39 is 0 Å². The Morgan fingerprint density at radius 1 is 1.36 bits per heavy atom. The van der Waals surface area contributed by atoms with Gasteiger partial charge in [0.05, 0.1) is 6.61 Å². The highest BCUT2D eigenvalue weighted by Crippen LogP contribution is 2.22. The molecule has 1 fully saturated rings. The molecule has 0 saturated carbocycles. The van der Waals surface area contributed by atoms with Crippen LogP contribution in [-0.2, 0) is 11.3 Å². The average Bonchev–Trinajstić information content (AvgIpc) is 3.23.